The number of nitrogen functional groups attached to an aromatic ring is 1. The van der Waals surface area contributed by atoms with Gasteiger partial charge < -0.3 is 29.4 Å². The van der Waals surface area contributed by atoms with Crippen LogP contribution in [0.4, 0.5) is 5.82 Å². The number of ether oxygens (including phenoxy) is 5. The first-order valence-corrected chi connectivity index (χ1v) is 9.74. The number of pyridine rings is 1. The molecule has 2 N–H and O–H groups in total. The molecular formula is C23H20N4O5. The number of hydrogen-bond donors (Lipinski definition) is 1. The molecular weight excluding hydrogens is 412 g/mol. The largest absolute Gasteiger partial charge is 0.493 e. The van der Waals surface area contributed by atoms with E-state index in [1.54, 1.807) is 21.3 Å². The zero-order valence-corrected chi connectivity index (χ0v) is 17.7. The van der Waals surface area contributed by atoms with Crippen LogP contribution in [0.2, 0.25) is 0 Å². The third-order valence-electron chi connectivity index (χ3n) is 5.28. The molecule has 0 spiro atoms. The van der Waals surface area contributed by atoms with Crippen LogP contribution in [0.3, 0.4) is 0 Å². The van der Waals surface area contributed by atoms with Crippen molar-refractivity contribution in [3.8, 4) is 51.1 Å². The molecule has 2 aromatic heterocycles. The third kappa shape index (κ3) is 3.15. The Balaban J connectivity index is 1.77. The molecule has 162 valence electrons. The fourth-order valence-corrected chi connectivity index (χ4v) is 3.76. The molecule has 9 heteroatoms. The van der Waals surface area contributed by atoms with Crippen LogP contribution in [0.1, 0.15) is 0 Å². The fraction of sp³-hybridized carbons (Fsp3) is 0.174. The first kappa shape index (κ1) is 19.7. The minimum Gasteiger partial charge on any atom is -0.493 e. The topological polar surface area (TPSA) is 111 Å². The molecule has 0 saturated heterocycles. The van der Waals surface area contributed by atoms with E-state index in [0.29, 0.717) is 51.3 Å². The second-order valence-corrected chi connectivity index (χ2v) is 6.99. The van der Waals surface area contributed by atoms with Crippen LogP contribution in [-0.2, 0) is 0 Å². The van der Waals surface area contributed by atoms with Crippen LogP contribution in [0.15, 0.2) is 42.7 Å². The van der Waals surface area contributed by atoms with Crippen molar-refractivity contribution in [1.29, 1.82) is 0 Å². The summed E-state index contributed by atoms with van der Waals surface area (Å²) in [5, 5.41) is 0.631. The van der Waals surface area contributed by atoms with E-state index in [4.69, 9.17) is 34.4 Å². The average Bonchev–Trinajstić information content (AvgIpc) is 3.30. The van der Waals surface area contributed by atoms with Crippen LogP contribution in [-0.4, -0.2) is 43.1 Å². The Morgan fingerprint density at radius 2 is 1.59 bits per heavy atom. The molecule has 32 heavy (non-hydrogen) atoms. The van der Waals surface area contributed by atoms with Crippen molar-refractivity contribution in [1.82, 2.24) is 15.0 Å². The van der Waals surface area contributed by atoms with E-state index < -0.39 is 0 Å². The molecule has 0 amide bonds. The Morgan fingerprint density at radius 1 is 0.844 bits per heavy atom. The summed E-state index contributed by atoms with van der Waals surface area (Å²) >= 11 is 0. The van der Waals surface area contributed by atoms with Gasteiger partial charge in [0.1, 0.15) is 12.1 Å². The Labute approximate surface area is 183 Å². The predicted octanol–water partition coefficient (Wildman–Crippen LogP) is 3.70. The summed E-state index contributed by atoms with van der Waals surface area (Å²) in [5.74, 6) is 3.23. The smallest absolute Gasteiger partial charge is 0.231 e. The Kier molecular flexibility index (Phi) is 4.78. The molecule has 4 aromatic rings. The van der Waals surface area contributed by atoms with Crippen molar-refractivity contribution in [2.24, 2.45) is 0 Å². The number of benzene rings is 2. The molecule has 5 rings (SSSR count). The maximum atomic E-state index is 6.24. The second kappa shape index (κ2) is 7.77. The molecule has 0 bridgehead atoms. The zero-order chi connectivity index (χ0) is 22.2. The van der Waals surface area contributed by atoms with Gasteiger partial charge in [-0.25, -0.2) is 15.0 Å². The minimum atomic E-state index is 0.199. The van der Waals surface area contributed by atoms with E-state index in [2.05, 4.69) is 9.97 Å². The van der Waals surface area contributed by atoms with Crippen molar-refractivity contribution in [2.45, 2.75) is 0 Å². The van der Waals surface area contributed by atoms with Crippen molar-refractivity contribution in [3.63, 3.8) is 0 Å². The number of aromatic nitrogens is 3. The van der Waals surface area contributed by atoms with Gasteiger partial charge in [0, 0.05) is 5.56 Å². The molecule has 0 radical (unpaired) electrons. The van der Waals surface area contributed by atoms with Crippen LogP contribution >= 0.6 is 0 Å². The van der Waals surface area contributed by atoms with Crippen LogP contribution in [0, 0.1) is 0 Å². The summed E-state index contributed by atoms with van der Waals surface area (Å²) in [6.45, 7) is 0.199. The molecule has 3 heterocycles. The highest BCUT2D eigenvalue weighted by molar-refractivity contribution is 6.01. The van der Waals surface area contributed by atoms with Gasteiger partial charge >= 0.3 is 0 Å². The Hall–Kier alpha value is -4.27. The van der Waals surface area contributed by atoms with E-state index in [9.17, 15) is 0 Å². The van der Waals surface area contributed by atoms with Crippen LogP contribution in [0.5, 0.6) is 28.7 Å². The summed E-state index contributed by atoms with van der Waals surface area (Å²) in [6.07, 6.45) is 1.40. The van der Waals surface area contributed by atoms with Crippen LogP contribution in [0.25, 0.3) is 33.4 Å². The Morgan fingerprint density at radius 3 is 2.31 bits per heavy atom. The summed E-state index contributed by atoms with van der Waals surface area (Å²) in [4.78, 5) is 13.2. The standard InChI is InChI=1S/C23H20N4O5/c1-28-18-7-13(8-19(29-2)21(18)30-3)14-9-15(27-23-20(14)22(24)25-10-26-23)12-4-5-16-17(6-12)32-11-31-16/h4-10H,11H2,1-3H3,(H2,24,25,26,27). The van der Waals surface area contributed by atoms with Gasteiger partial charge in [0.25, 0.3) is 0 Å². The summed E-state index contributed by atoms with van der Waals surface area (Å²) in [7, 11) is 4.70. The zero-order valence-electron chi connectivity index (χ0n) is 17.7. The van der Waals surface area contributed by atoms with E-state index in [-0.39, 0.29) is 6.79 Å². The van der Waals surface area contributed by atoms with Gasteiger partial charge in [0.05, 0.1) is 32.4 Å². The van der Waals surface area contributed by atoms with Gasteiger partial charge in [-0.05, 0) is 47.5 Å². The second-order valence-electron chi connectivity index (χ2n) is 6.99. The highest BCUT2D eigenvalue weighted by atomic mass is 16.7. The van der Waals surface area contributed by atoms with Gasteiger partial charge in [-0.2, -0.15) is 0 Å². The van der Waals surface area contributed by atoms with Gasteiger partial charge in [-0.3, -0.25) is 0 Å². The molecule has 0 atom stereocenters. The monoisotopic (exact) mass is 432 g/mol. The lowest BCUT2D eigenvalue weighted by molar-refractivity contribution is 0.174. The number of fused-ring (bicyclic) bond motifs is 2. The minimum absolute atomic E-state index is 0.199. The lowest BCUT2D eigenvalue weighted by Gasteiger charge is -2.16. The normalized spacial score (nSPS) is 12.1. The number of nitrogens with zero attached hydrogens (tertiary/aromatic N) is 3. The lowest BCUT2D eigenvalue weighted by atomic mass is 9.98. The quantitative estimate of drug-likeness (QED) is 0.505. The predicted molar refractivity (Wildman–Crippen MR) is 118 cm³/mol. The van der Waals surface area contributed by atoms with Gasteiger partial charge in [-0.15, -0.1) is 0 Å². The van der Waals surface area contributed by atoms with Gasteiger partial charge in [-0.1, -0.05) is 0 Å². The van der Waals surface area contributed by atoms with Gasteiger partial charge in [0.2, 0.25) is 12.5 Å². The highest BCUT2D eigenvalue weighted by Gasteiger charge is 2.20. The maximum Gasteiger partial charge on any atom is 0.231 e. The lowest BCUT2D eigenvalue weighted by Crippen LogP contribution is -2.00. The van der Waals surface area contributed by atoms with Crippen LogP contribution < -0.4 is 29.4 Å². The summed E-state index contributed by atoms with van der Waals surface area (Å²) in [6, 6.07) is 11.3. The van der Waals surface area contributed by atoms with Gasteiger partial charge in [0.15, 0.2) is 28.6 Å². The molecule has 1 aliphatic rings. The first-order valence-electron chi connectivity index (χ1n) is 9.74. The highest BCUT2D eigenvalue weighted by Crippen LogP contribution is 2.44. The molecule has 0 fully saturated rings. The number of anilines is 1. The average molecular weight is 432 g/mol. The molecule has 0 aliphatic carbocycles. The number of methoxy groups -OCH3 is 3. The molecule has 0 saturated carbocycles. The van der Waals surface area contributed by atoms with E-state index in [0.717, 1.165) is 16.7 Å². The van der Waals surface area contributed by atoms with Crippen molar-refractivity contribution in [2.75, 3.05) is 33.9 Å². The third-order valence-corrected chi connectivity index (χ3v) is 5.28. The molecule has 9 nitrogen and oxygen atoms in total. The van der Waals surface area contributed by atoms with Crippen molar-refractivity contribution in [3.05, 3.63) is 42.7 Å². The molecule has 1 aliphatic heterocycles. The van der Waals surface area contributed by atoms with E-state index >= 15 is 0 Å². The number of nitrogens with two attached hydrogens (primary N) is 1. The first-order chi connectivity index (χ1) is 15.6. The maximum absolute atomic E-state index is 6.24. The fourth-order valence-electron chi connectivity index (χ4n) is 3.76. The SMILES string of the molecule is COc1cc(-c2cc(-c3ccc4c(c3)OCO4)nc3ncnc(N)c23)cc(OC)c1OC. The molecule has 0 unspecified atom stereocenters. The van der Waals surface area contributed by atoms with E-state index in [1.165, 1.54) is 6.33 Å². The van der Waals surface area contributed by atoms with Crippen molar-refractivity contribution < 1.29 is 23.7 Å². The summed E-state index contributed by atoms with van der Waals surface area (Å²) < 4.78 is 27.5. The Bertz CT molecular complexity index is 1320. The van der Waals surface area contributed by atoms with E-state index in [1.807, 2.05) is 36.4 Å². The van der Waals surface area contributed by atoms with Crippen molar-refractivity contribution >= 4 is 16.9 Å². The summed E-state index contributed by atoms with van der Waals surface area (Å²) in [5.41, 5.74) is 9.81. The molecule has 2 aromatic carbocycles. The number of hydrogen-bond acceptors (Lipinski definition) is 9. The number of rotatable bonds is 5.